The summed E-state index contributed by atoms with van der Waals surface area (Å²) >= 11 is 1.51. The van der Waals surface area contributed by atoms with Crippen LogP contribution < -0.4 is 5.32 Å². The SMILES string of the molecule is Cc1ccc2nc(S[C@@H](C)C(=O)NCc3ccccc3)c(C)cc2c1. The van der Waals surface area contributed by atoms with E-state index in [0.29, 0.717) is 6.54 Å². The first kappa shape index (κ1) is 17.5. The van der Waals surface area contributed by atoms with Crippen molar-refractivity contribution < 1.29 is 4.79 Å². The fraction of sp³-hybridized carbons (Fsp3) is 0.238. The van der Waals surface area contributed by atoms with Gasteiger partial charge in [0.2, 0.25) is 5.91 Å². The molecule has 0 aliphatic carbocycles. The van der Waals surface area contributed by atoms with Gasteiger partial charge in [-0.2, -0.15) is 0 Å². The molecular weight excluding hydrogens is 328 g/mol. The molecule has 128 valence electrons. The number of aryl methyl sites for hydroxylation is 2. The van der Waals surface area contributed by atoms with Crippen LogP contribution in [0.25, 0.3) is 10.9 Å². The first-order valence-corrected chi connectivity index (χ1v) is 9.27. The highest BCUT2D eigenvalue weighted by Gasteiger charge is 2.16. The van der Waals surface area contributed by atoms with Gasteiger partial charge in [-0.1, -0.05) is 53.7 Å². The van der Waals surface area contributed by atoms with E-state index in [1.165, 1.54) is 17.3 Å². The maximum absolute atomic E-state index is 12.4. The first-order chi connectivity index (χ1) is 12.0. The van der Waals surface area contributed by atoms with Gasteiger partial charge in [0, 0.05) is 11.9 Å². The van der Waals surface area contributed by atoms with Crippen LogP contribution in [0.2, 0.25) is 0 Å². The molecule has 1 N–H and O–H groups in total. The molecule has 1 aromatic heterocycles. The fourth-order valence-corrected chi connectivity index (χ4v) is 3.57. The molecule has 0 radical (unpaired) electrons. The van der Waals surface area contributed by atoms with E-state index < -0.39 is 0 Å². The van der Waals surface area contributed by atoms with Crippen LogP contribution in [0.5, 0.6) is 0 Å². The van der Waals surface area contributed by atoms with Gasteiger partial charge in [0.15, 0.2) is 0 Å². The Morgan fingerprint density at radius 2 is 1.88 bits per heavy atom. The zero-order valence-corrected chi connectivity index (χ0v) is 15.6. The van der Waals surface area contributed by atoms with E-state index in [4.69, 9.17) is 4.98 Å². The predicted octanol–water partition coefficient (Wildman–Crippen LogP) is 4.65. The van der Waals surface area contributed by atoms with Crippen molar-refractivity contribution in [2.75, 3.05) is 0 Å². The van der Waals surface area contributed by atoms with Gasteiger partial charge >= 0.3 is 0 Å². The summed E-state index contributed by atoms with van der Waals surface area (Å²) in [7, 11) is 0. The number of hydrogen-bond donors (Lipinski definition) is 1. The molecule has 4 heteroatoms. The Balaban J connectivity index is 1.68. The second-order valence-electron chi connectivity index (χ2n) is 6.27. The molecule has 1 heterocycles. The van der Waals surface area contributed by atoms with Crippen LogP contribution in [0.3, 0.4) is 0 Å². The van der Waals surface area contributed by atoms with Crippen molar-refractivity contribution in [3.05, 3.63) is 71.3 Å². The number of carbonyl (C=O) groups is 1. The van der Waals surface area contributed by atoms with E-state index in [-0.39, 0.29) is 11.2 Å². The maximum Gasteiger partial charge on any atom is 0.233 e. The van der Waals surface area contributed by atoms with E-state index in [1.54, 1.807) is 0 Å². The van der Waals surface area contributed by atoms with Crippen LogP contribution in [0.15, 0.2) is 59.6 Å². The molecule has 3 rings (SSSR count). The molecule has 0 unspecified atom stereocenters. The minimum Gasteiger partial charge on any atom is -0.351 e. The lowest BCUT2D eigenvalue weighted by atomic mass is 10.1. The number of benzene rings is 2. The minimum absolute atomic E-state index is 0.0269. The van der Waals surface area contributed by atoms with Crippen molar-refractivity contribution in [2.24, 2.45) is 0 Å². The second kappa shape index (κ2) is 7.70. The summed E-state index contributed by atoms with van der Waals surface area (Å²) in [4.78, 5) is 17.1. The number of amides is 1. The molecule has 3 nitrogen and oxygen atoms in total. The van der Waals surface area contributed by atoms with Crippen LogP contribution in [0, 0.1) is 13.8 Å². The summed E-state index contributed by atoms with van der Waals surface area (Å²) in [6.07, 6.45) is 0. The fourth-order valence-electron chi connectivity index (χ4n) is 2.65. The Bertz CT molecular complexity index is 893. The third-order valence-corrected chi connectivity index (χ3v) is 5.29. The highest BCUT2D eigenvalue weighted by atomic mass is 32.2. The Hall–Kier alpha value is -2.33. The molecule has 1 amide bonds. The number of pyridine rings is 1. The Kier molecular flexibility index (Phi) is 5.39. The Morgan fingerprint density at radius 3 is 2.64 bits per heavy atom. The average molecular weight is 350 g/mol. The van der Waals surface area contributed by atoms with Crippen LogP contribution in [-0.4, -0.2) is 16.1 Å². The van der Waals surface area contributed by atoms with Gasteiger partial charge in [-0.05, 0) is 50.1 Å². The first-order valence-electron chi connectivity index (χ1n) is 8.39. The van der Waals surface area contributed by atoms with Crippen molar-refractivity contribution in [2.45, 2.75) is 37.6 Å². The smallest absolute Gasteiger partial charge is 0.233 e. The number of fused-ring (bicyclic) bond motifs is 1. The average Bonchev–Trinajstić information content (AvgIpc) is 2.61. The van der Waals surface area contributed by atoms with Crippen LogP contribution in [0.4, 0.5) is 0 Å². The Morgan fingerprint density at radius 1 is 1.12 bits per heavy atom. The summed E-state index contributed by atoms with van der Waals surface area (Å²) in [5, 5.41) is 4.86. The largest absolute Gasteiger partial charge is 0.351 e. The summed E-state index contributed by atoms with van der Waals surface area (Å²) in [6.45, 7) is 6.60. The zero-order chi connectivity index (χ0) is 17.8. The number of carbonyl (C=O) groups excluding carboxylic acids is 1. The van der Waals surface area contributed by atoms with Gasteiger partial charge in [0.1, 0.15) is 5.03 Å². The quantitative estimate of drug-likeness (QED) is 0.681. The lowest BCUT2D eigenvalue weighted by Gasteiger charge is -2.14. The number of thioether (sulfide) groups is 1. The number of rotatable bonds is 5. The molecule has 0 saturated heterocycles. The predicted molar refractivity (Wildman–Crippen MR) is 105 cm³/mol. The maximum atomic E-state index is 12.4. The normalized spacial score (nSPS) is 12.1. The number of aromatic nitrogens is 1. The van der Waals surface area contributed by atoms with E-state index in [0.717, 1.165) is 27.1 Å². The summed E-state index contributed by atoms with van der Waals surface area (Å²) in [5.41, 5.74) is 4.40. The summed E-state index contributed by atoms with van der Waals surface area (Å²) in [6, 6.07) is 18.3. The molecular formula is C21H22N2OS. The van der Waals surface area contributed by atoms with E-state index in [9.17, 15) is 4.79 Å². The van der Waals surface area contributed by atoms with E-state index >= 15 is 0 Å². The molecule has 1 atom stereocenters. The lowest BCUT2D eigenvalue weighted by molar-refractivity contribution is -0.120. The number of nitrogens with zero attached hydrogens (tertiary/aromatic N) is 1. The standard InChI is InChI=1S/C21H22N2OS/c1-14-9-10-19-18(11-14)12-15(2)21(23-19)25-16(3)20(24)22-13-17-7-5-4-6-8-17/h4-12,16H,13H2,1-3H3,(H,22,24)/t16-/m0/s1. The van der Waals surface area contributed by atoms with Crippen LogP contribution in [0.1, 0.15) is 23.6 Å². The molecule has 2 aromatic carbocycles. The molecule has 0 saturated carbocycles. The summed E-state index contributed by atoms with van der Waals surface area (Å²) in [5.74, 6) is 0.0269. The van der Waals surface area contributed by atoms with Crippen LogP contribution in [-0.2, 0) is 11.3 Å². The van der Waals surface area contributed by atoms with E-state index in [2.05, 4.69) is 30.4 Å². The third-order valence-electron chi connectivity index (χ3n) is 4.08. The van der Waals surface area contributed by atoms with Crippen molar-refractivity contribution in [1.82, 2.24) is 10.3 Å². The van der Waals surface area contributed by atoms with Gasteiger partial charge in [-0.25, -0.2) is 4.98 Å². The highest BCUT2D eigenvalue weighted by molar-refractivity contribution is 8.00. The number of hydrogen-bond acceptors (Lipinski definition) is 3. The topological polar surface area (TPSA) is 42.0 Å². The molecule has 0 spiro atoms. The number of nitrogens with one attached hydrogen (secondary N) is 1. The van der Waals surface area contributed by atoms with Crippen molar-refractivity contribution in [1.29, 1.82) is 0 Å². The minimum atomic E-state index is -0.196. The molecule has 0 fully saturated rings. The molecule has 0 bridgehead atoms. The highest BCUT2D eigenvalue weighted by Crippen LogP contribution is 2.28. The van der Waals surface area contributed by atoms with Gasteiger partial charge < -0.3 is 5.32 Å². The van der Waals surface area contributed by atoms with Gasteiger partial charge in [-0.3, -0.25) is 4.79 Å². The molecule has 0 aliphatic rings. The second-order valence-corrected chi connectivity index (χ2v) is 7.60. The third kappa shape index (κ3) is 4.40. The van der Waals surface area contributed by atoms with Crippen molar-refractivity contribution >= 4 is 28.6 Å². The van der Waals surface area contributed by atoms with E-state index in [1.807, 2.05) is 50.2 Å². The molecule has 25 heavy (non-hydrogen) atoms. The zero-order valence-electron chi connectivity index (χ0n) is 14.7. The van der Waals surface area contributed by atoms with Gasteiger partial charge in [-0.15, -0.1) is 0 Å². The van der Waals surface area contributed by atoms with Crippen molar-refractivity contribution in [3.8, 4) is 0 Å². The summed E-state index contributed by atoms with van der Waals surface area (Å²) < 4.78 is 0. The molecule has 0 aliphatic heterocycles. The van der Waals surface area contributed by atoms with Gasteiger partial charge in [0.05, 0.1) is 10.8 Å². The van der Waals surface area contributed by atoms with Crippen molar-refractivity contribution in [3.63, 3.8) is 0 Å². The lowest BCUT2D eigenvalue weighted by Crippen LogP contribution is -2.30. The Labute approximate surface area is 152 Å². The monoisotopic (exact) mass is 350 g/mol. The van der Waals surface area contributed by atoms with Crippen LogP contribution >= 0.6 is 11.8 Å². The molecule has 3 aromatic rings. The van der Waals surface area contributed by atoms with Gasteiger partial charge in [0.25, 0.3) is 0 Å².